The lowest BCUT2D eigenvalue weighted by Gasteiger charge is -2.09. The van der Waals surface area contributed by atoms with Crippen molar-refractivity contribution in [3.63, 3.8) is 0 Å². The van der Waals surface area contributed by atoms with Crippen LogP contribution in [0.15, 0.2) is 40.8 Å². The van der Waals surface area contributed by atoms with Gasteiger partial charge in [0.1, 0.15) is 11.8 Å². The quantitative estimate of drug-likeness (QED) is 0.555. The van der Waals surface area contributed by atoms with Crippen LogP contribution in [-0.2, 0) is 12.4 Å². The Hall–Kier alpha value is -3.22. The number of oxazole rings is 1. The van der Waals surface area contributed by atoms with Gasteiger partial charge in [-0.3, -0.25) is 0 Å². The molecule has 0 N–H and O–H groups in total. The lowest BCUT2D eigenvalue weighted by molar-refractivity contribution is -0.156. The molecule has 3 rings (SSSR count). The number of hydrogen-bond donors (Lipinski definition) is 0. The van der Waals surface area contributed by atoms with Crippen molar-refractivity contribution in [3.05, 3.63) is 53.4 Å². The minimum absolute atomic E-state index is 0.0550. The van der Waals surface area contributed by atoms with Crippen LogP contribution in [0.4, 0.5) is 26.3 Å². The van der Waals surface area contributed by atoms with Gasteiger partial charge in [-0.25, -0.2) is 4.98 Å². The van der Waals surface area contributed by atoms with E-state index in [9.17, 15) is 26.3 Å². The van der Waals surface area contributed by atoms with Crippen molar-refractivity contribution in [2.75, 3.05) is 0 Å². The Bertz CT molecular complexity index is 997. The van der Waals surface area contributed by atoms with E-state index in [2.05, 4.69) is 9.40 Å². The Morgan fingerprint density at radius 3 is 2.12 bits per heavy atom. The number of rotatable bonds is 2. The summed E-state index contributed by atoms with van der Waals surface area (Å²) >= 11 is 0. The minimum atomic E-state index is -4.88. The molecule has 0 fully saturated rings. The molecule has 0 radical (unpaired) electrons. The first-order valence-electron chi connectivity index (χ1n) is 6.85. The minimum Gasteiger partial charge on any atom is -0.455 e. The number of halogens is 6. The molecular weight excluding hydrogens is 366 g/mol. The van der Waals surface area contributed by atoms with E-state index in [-0.39, 0.29) is 22.6 Å². The van der Waals surface area contributed by atoms with Crippen molar-refractivity contribution in [2.24, 2.45) is 0 Å². The largest absolute Gasteiger partial charge is 0.468 e. The molecule has 0 spiro atoms. The van der Waals surface area contributed by atoms with Gasteiger partial charge in [0.05, 0.1) is 11.1 Å². The summed E-state index contributed by atoms with van der Waals surface area (Å²) in [7, 11) is 0. The van der Waals surface area contributed by atoms with Gasteiger partial charge < -0.3 is 9.15 Å². The van der Waals surface area contributed by atoms with E-state index in [4.69, 9.17) is 10.00 Å². The second-order valence-corrected chi connectivity index (χ2v) is 5.04. The third-order valence-electron chi connectivity index (χ3n) is 3.28. The maximum atomic E-state index is 12.8. The highest BCUT2D eigenvalue weighted by Gasteiger charge is 2.38. The van der Waals surface area contributed by atoms with E-state index >= 15 is 0 Å². The smallest absolute Gasteiger partial charge is 0.455 e. The molecular formula is C16H6F6N2O2. The molecule has 0 atom stereocenters. The number of aromatic nitrogens is 1. The Morgan fingerprint density at radius 2 is 1.58 bits per heavy atom. The SMILES string of the molecule is N#Cc1ccc(Oc2ccc(C(F)(F)F)cc2)c2nc(C(F)(F)F)oc12. The van der Waals surface area contributed by atoms with Gasteiger partial charge in [0.25, 0.3) is 0 Å². The first-order chi connectivity index (χ1) is 12.1. The molecule has 4 nitrogen and oxygen atoms in total. The fourth-order valence-electron chi connectivity index (χ4n) is 2.11. The van der Waals surface area contributed by atoms with Gasteiger partial charge in [-0.15, -0.1) is 0 Å². The van der Waals surface area contributed by atoms with E-state index in [1.165, 1.54) is 6.07 Å². The summed E-state index contributed by atoms with van der Waals surface area (Å²) in [5.74, 6) is -1.81. The average molecular weight is 372 g/mol. The Balaban J connectivity index is 2.03. The molecule has 0 bridgehead atoms. The standard InChI is InChI=1S/C16H6F6N2O2/c17-15(18,19)9-2-4-10(5-3-9)25-11-6-1-8(7-23)13-12(11)24-14(26-13)16(20,21)22/h1-6H. The monoisotopic (exact) mass is 372 g/mol. The summed E-state index contributed by atoms with van der Waals surface area (Å²) in [6.07, 6.45) is -9.41. The molecule has 10 heteroatoms. The number of nitriles is 1. The van der Waals surface area contributed by atoms with Crippen LogP contribution >= 0.6 is 0 Å². The van der Waals surface area contributed by atoms with Gasteiger partial charge >= 0.3 is 18.2 Å². The second kappa shape index (κ2) is 5.94. The molecule has 0 aliphatic rings. The number of benzene rings is 2. The van der Waals surface area contributed by atoms with Gasteiger partial charge in [0, 0.05) is 0 Å². The summed E-state index contributed by atoms with van der Waals surface area (Å²) < 4.78 is 86.0. The van der Waals surface area contributed by atoms with Crippen molar-refractivity contribution in [1.82, 2.24) is 4.98 Å². The molecule has 26 heavy (non-hydrogen) atoms. The third kappa shape index (κ3) is 3.28. The molecule has 0 aliphatic carbocycles. The summed E-state index contributed by atoms with van der Waals surface area (Å²) in [6.45, 7) is 0. The third-order valence-corrected chi connectivity index (χ3v) is 3.28. The highest BCUT2D eigenvalue weighted by Crippen LogP contribution is 2.37. The van der Waals surface area contributed by atoms with Gasteiger partial charge in [-0.1, -0.05) is 0 Å². The lowest BCUT2D eigenvalue weighted by Crippen LogP contribution is -2.04. The van der Waals surface area contributed by atoms with Crippen molar-refractivity contribution in [2.45, 2.75) is 12.4 Å². The van der Waals surface area contributed by atoms with Crippen molar-refractivity contribution < 1.29 is 35.5 Å². The topological polar surface area (TPSA) is 59.0 Å². The second-order valence-electron chi connectivity index (χ2n) is 5.04. The highest BCUT2D eigenvalue weighted by atomic mass is 19.4. The molecule has 3 aromatic rings. The molecule has 0 saturated carbocycles. The Morgan fingerprint density at radius 1 is 0.923 bits per heavy atom. The normalized spacial score (nSPS) is 12.2. The van der Waals surface area contributed by atoms with Gasteiger partial charge in [-0.2, -0.15) is 31.6 Å². The predicted octanol–water partition coefficient (Wildman–Crippen LogP) is 5.53. The number of alkyl halides is 6. The summed E-state index contributed by atoms with van der Waals surface area (Å²) in [5.41, 5.74) is -1.89. The predicted molar refractivity (Wildman–Crippen MR) is 75.2 cm³/mol. The summed E-state index contributed by atoms with van der Waals surface area (Å²) in [4.78, 5) is 3.30. The zero-order valence-corrected chi connectivity index (χ0v) is 12.4. The van der Waals surface area contributed by atoms with Crippen molar-refractivity contribution >= 4 is 11.1 Å². The van der Waals surface area contributed by atoms with Crippen LogP contribution in [0.25, 0.3) is 11.1 Å². The van der Waals surface area contributed by atoms with Crippen LogP contribution in [-0.4, -0.2) is 4.98 Å². The zero-order valence-electron chi connectivity index (χ0n) is 12.4. The first kappa shape index (κ1) is 17.6. The van der Waals surface area contributed by atoms with Crippen LogP contribution in [0.5, 0.6) is 11.5 Å². The summed E-state index contributed by atoms with van der Waals surface area (Å²) in [6, 6.07) is 7.56. The van der Waals surface area contributed by atoms with E-state index in [1.807, 2.05) is 0 Å². The van der Waals surface area contributed by atoms with Crippen LogP contribution in [0.3, 0.4) is 0 Å². The van der Waals surface area contributed by atoms with Gasteiger partial charge in [-0.05, 0) is 36.4 Å². The highest BCUT2D eigenvalue weighted by molar-refractivity contribution is 5.85. The molecule has 2 aromatic carbocycles. The summed E-state index contributed by atoms with van der Waals surface area (Å²) in [5, 5.41) is 8.97. The number of ether oxygens (including phenoxy) is 1. The maximum absolute atomic E-state index is 12.8. The Kier molecular flexibility index (Phi) is 4.02. The van der Waals surface area contributed by atoms with Crippen molar-refractivity contribution in [3.8, 4) is 17.6 Å². The molecule has 1 heterocycles. The van der Waals surface area contributed by atoms with E-state index in [1.54, 1.807) is 6.07 Å². The molecule has 1 aromatic heterocycles. The van der Waals surface area contributed by atoms with Crippen molar-refractivity contribution in [1.29, 1.82) is 5.26 Å². The fraction of sp³-hybridized carbons (Fsp3) is 0.125. The van der Waals surface area contributed by atoms with E-state index in [0.29, 0.717) is 0 Å². The lowest BCUT2D eigenvalue weighted by atomic mass is 10.2. The van der Waals surface area contributed by atoms with E-state index < -0.39 is 29.4 Å². The number of nitrogens with zero attached hydrogens (tertiary/aromatic N) is 2. The van der Waals surface area contributed by atoms with Crippen LogP contribution in [0.1, 0.15) is 17.0 Å². The fourth-order valence-corrected chi connectivity index (χ4v) is 2.11. The zero-order chi connectivity index (χ0) is 19.1. The van der Waals surface area contributed by atoms with Gasteiger partial charge in [0.2, 0.25) is 0 Å². The maximum Gasteiger partial charge on any atom is 0.468 e. The van der Waals surface area contributed by atoms with Crippen LogP contribution < -0.4 is 4.74 Å². The average Bonchev–Trinajstić information content (AvgIpc) is 3.01. The molecule has 0 unspecified atom stereocenters. The van der Waals surface area contributed by atoms with Gasteiger partial charge in [0.15, 0.2) is 16.8 Å². The molecule has 0 aliphatic heterocycles. The van der Waals surface area contributed by atoms with Crippen LogP contribution in [0, 0.1) is 11.3 Å². The number of fused-ring (bicyclic) bond motifs is 1. The first-order valence-corrected chi connectivity index (χ1v) is 6.85. The molecule has 134 valence electrons. The van der Waals surface area contributed by atoms with Crippen LogP contribution in [0.2, 0.25) is 0 Å². The molecule has 0 amide bonds. The number of hydrogen-bond acceptors (Lipinski definition) is 4. The molecule has 0 saturated heterocycles. The van der Waals surface area contributed by atoms with E-state index in [0.717, 1.165) is 30.3 Å². The Labute approximate surface area is 141 Å².